The molecule has 2 aromatic carbocycles. The molecule has 0 amide bonds. The molecule has 0 radical (unpaired) electrons. The number of nitrogens with two attached hydrogens (primary N) is 1. The first-order chi connectivity index (χ1) is 12.2. The van der Waals surface area contributed by atoms with Gasteiger partial charge in [0.1, 0.15) is 0 Å². The van der Waals surface area contributed by atoms with E-state index in [4.69, 9.17) is 60.3 Å². The SMILES string of the molecule is ClP(Cl)Cl.Nc1ccccc1C(=O)O.O=C1OP(Cl)Nc2ccccc21. The number of anilines is 2. The van der Waals surface area contributed by atoms with Gasteiger partial charge in [-0.05, 0) is 35.5 Å². The summed E-state index contributed by atoms with van der Waals surface area (Å²) < 4.78 is 4.79. The summed E-state index contributed by atoms with van der Waals surface area (Å²) in [7, 11) is -1.34. The van der Waals surface area contributed by atoms with Crippen LogP contribution in [0.2, 0.25) is 0 Å². The molecule has 6 nitrogen and oxygen atoms in total. The van der Waals surface area contributed by atoms with Crippen LogP contribution in [0.5, 0.6) is 0 Å². The monoisotopic (exact) mass is 474 g/mol. The molecule has 1 aliphatic rings. The Labute approximate surface area is 171 Å². The summed E-state index contributed by atoms with van der Waals surface area (Å²) in [6.07, 6.45) is 0. The summed E-state index contributed by atoms with van der Waals surface area (Å²) in [5.74, 6) is -2.55. The highest BCUT2D eigenvalue weighted by Crippen LogP contribution is 2.51. The Morgan fingerprint density at radius 2 is 1.65 bits per heavy atom. The summed E-state index contributed by atoms with van der Waals surface area (Å²) in [5, 5.41) is 11.4. The van der Waals surface area contributed by atoms with E-state index >= 15 is 0 Å². The molecule has 0 aromatic heterocycles. The molecule has 0 bridgehead atoms. The fraction of sp³-hybridized carbons (Fsp3) is 0. The van der Waals surface area contributed by atoms with Gasteiger partial charge in [0.2, 0.25) is 0 Å². The van der Waals surface area contributed by atoms with Crippen LogP contribution < -0.4 is 10.8 Å². The fourth-order valence-corrected chi connectivity index (χ4v) is 2.83. The van der Waals surface area contributed by atoms with E-state index in [1.54, 1.807) is 36.4 Å². The maximum atomic E-state index is 11.2. The van der Waals surface area contributed by atoms with Gasteiger partial charge in [0.25, 0.3) is 7.65 Å². The van der Waals surface area contributed by atoms with E-state index in [2.05, 4.69) is 5.09 Å². The molecule has 0 saturated carbocycles. The molecule has 1 unspecified atom stereocenters. The van der Waals surface area contributed by atoms with Gasteiger partial charge in [-0.3, -0.25) is 0 Å². The maximum absolute atomic E-state index is 11.2. The average molecular weight is 476 g/mol. The van der Waals surface area contributed by atoms with E-state index in [1.165, 1.54) is 6.07 Å². The van der Waals surface area contributed by atoms with Crippen molar-refractivity contribution in [1.29, 1.82) is 0 Å². The number of rotatable bonds is 1. The van der Waals surface area contributed by atoms with Crippen LogP contribution in [0.15, 0.2) is 48.5 Å². The molecule has 0 fully saturated rings. The summed E-state index contributed by atoms with van der Waals surface area (Å²) in [5.41, 5.74) is 7.08. The first kappa shape index (κ1) is 23.0. The number of benzene rings is 2. The third kappa shape index (κ3) is 8.13. The third-order valence-corrected chi connectivity index (χ3v) is 3.91. The first-order valence-corrected chi connectivity index (χ1v) is 12.8. The van der Waals surface area contributed by atoms with Crippen LogP contribution in [-0.4, -0.2) is 17.0 Å². The number of hydrogen-bond donors (Lipinski definition) is 3. The largest absolute Gasteiger partial charge is 0.478 e. The summed E-state index contributed by atoms with van der Waals surface area (Å²) in [6, 6.07) is 13.5. The number of fused-ring (bicyclic) bond motifs is 1. The van der Waals surface area contributed by atoms with Gasteiger partial charge in [0, 0.05) is 5.69 Å². The Bertz CT molecular complexity index is 764. The summed E-state index contributed by atoms with van der Waals surface area (Å²) in [4.78, 5) is 21.5. The molecule has 4 N–H and O–H groups in total. The normalized spacial score (nSPS) is 14.5. The highest BCUT2D eigenvalue weighted by atomic mass is 36.0. The quantitative estimate of drug-likeness (QED) is 0.316. The number of carbonyl (C=O) groups is 2. The Balaban J connectivity index is 0.000000220. The molecule has 26 heavy (non-hydrogen) atoms. The second-order valence-corrected chi connectivity index (χ2v) is 11.2. The van der Waals surface area contributed by atoms with Crippen LogP contribution in [0.3, 0.4) is 0 Å². The van der Waals surface area contributed by atoms with Gasteiger partial charge < -0.3 is 20.5 Å². The van der Waals surface area contributed by atoms with E-state index in [0.29, 0.717) is 11.3 Å². The van der Waals surface area contributed by atoms with Crippen molar-refractivity contribution in [3.8, 4) is 0 Å². The number of nitrogens with one attached hydrogen (secondary N) is 1. The molecule has 140 valence electrons. The molecule has 0 aliphatic carbocycles. The predicted octanol–water partition coefficient (Wildman–Crippen LogP) is 6.63. The number of carboxylic acid groups (broad SMARTS) is 1. The first-order valence-electron chi connectivity index (χ1n) is 6.61. The number of carboxylic acids is 1. The number of aromatic carboxylic acids is 1. The minimum atomic E-state index is -1.34. The number of nitrogen functional groups attached to an aromatic ring is 1. The van der Waals surface area contributed by atoms with Crippen molar-refractivity contribution < 1.29 is 19.2 Å². The molecule has 0 spiro atoms. The number of hydrogen-bond acceptors (Lipinski definition) is 5. The van der Waals surface area contributed by atoms with Gasteiger partial charge in [-0.1, -0.05) is 58.0 Å². The van der Waals surface area contributed by atoms with Gasteiger partial charge in [0.05, 0.1) is 16.8 Å². The Hall–Kier alpha value is -1.00. The van der Waals surface area contributed by atoms with Crippen LogP contribution in [0.1, 0.15) is 20.7 Å². The second-order valence-electron chi connectivity index (χ2n) is 4.37. The van der Waals surface area contributed by atoms with Crippen LogP contribution in [0.4, 0.5) is 11.4 Å². The fourth-order valence-electron chi connectivity index (χ4n) is 1.69. The Morgan fingerprint density at radius 3 is 2.19 bits per heavy atom. The van der Waals surface area contributed by atoms with E-state index in [-0.39, 0.29) is 11.5 Å². The van der Waals surface area contributed by atoms with Crippen LogP contribution in [0, 0.1) is 0 Å². The lowest BCUT2D eigenvalue weighted by atomic mass is 10.2. The molecular weight excluding hydrogens is 464 g/mol. The molecule has 1 aliphatic heterocycles. The van der Waals surface area contributed by atoms with Crippen molar-refractivity contribution in [2.75, 3.05) is 10.8 Å². The third-order valence-electron chi connectivity index (χ3n) is 2.71. The Morgan fingerprint density at radius 1 is 1.12 bits per heavy atom. The molecule has 1 heterocycles. The molecule has 0 saturated heterocycles. The molecular formula is C14H12Cl4N2O4P2. The number of para-hydroxylation sites is 2. The molecule has 1 atom stereocenters. The minimum Gasteiger partial charge on any atom is -0.478 e. The van der Waals surface area contributed by atoms with E-state index < -0.39 is 19.6 Å². The smallest absolute Gasteiger partial charge is 0.345 e. The summed E-state index contributed by atoms with van der Waals surface area (Å²) in [6.45, 7) is 0. The van der Waals surface area contributed by atoms with E-state index in [0.717, 1.165) is 5.69 Å². The highest BCUT2D eigenvalue weighted by molar-refractivity contribution is 8.20. The van der Waals surface area contributed by atoms with Crippen molar-refractivity contribution >= 4 is 81.9 Å². The zero-order valence-electron chi connectivity index (χ0n) is 12.8. The molecule has 12 heteroatoms. The van der Waals surface area contributed by atoms with Crippen LogP contribution >= 0.6 is 58.6 Å². The number of halogens is 4. The lowest BCUT2D eigenvalue weighted by Gasteiger charge is -2.19. The van der Waals surface area contributed by atoms with E-state index in [9.17, 15) is 9.59 Å². The maximum Gasteiger partial charge on any atom is 0.345 e. The zero-order chi connectivity index (χ0) is 19.7. The van der Waals surface area contributed by atoms with Crippen molar-refractivity contribution in [1.82, 2.24) is 0 Å². The standard InChI is InChI=1S/C7H5ClNO2P.C7H7NO2.Cl3P/c8-12-9-6-4-2-1-3-5(6)7(10)11-12;8-6-4-2-1-3-5(6)7(9)10;1-4(2)3/h1-4,9H;1-4H,8H2,(H,9,10);. The van der Waals surface area contributed by atoms with Gasteiger partial charge in [-0.15, -0.1) is 0 Å². The lowest BCUT2D eigenvalue weighted by molar-refractivity contribution is 0.0696. The van der Waals surface area contributed by atoms with Crippen LogP contribution in [0.25, 0.3) is 0 Å². The van der Waals surface area contributed by atoms with Gasteiger partial charge in [-0.2, -0.15) is 0 Å². The highest BCUT2D eigenvalue weighted by Gasteiger charge is 2.24. The van der Waals surface area contributed by atoms with Gasteiger partial charge in [-0.25, -0.2) is 9.59 Å². The van der Waals surface area contributed by atoms with Crippen molar-refractivity contribution in [2.24, 2.45) is 0 Å². The lowest BCUT2D eigenvalue weighted by Crippen LogP contribution is -2.11. The second kappa shape index (κ2) is 11.7. The molecule has 2 aromatic rings. The average Bonchev–Trinajstić information content (AvgIpc) is 2.55. The Kier molecular flexibility index (Phi) is 10.3. The van der Waals surface area contributed by atoms with Crippen molar-refractivity contribution in [3.05, 3.63) is 59.7 Å². The minimum absolute atomic E-state index is 0.155. The van der Waals surface area contributed by atoms with Gasteiger partial charge >= 0.3 is 11.9 Å². The van der Waals surface area contributed by atoms with Gasteiger partial charge in [0.15, 0.2) is 5.98 Å². The topological polar surface area (TPSA) is 102 Å². The molecule has 3 rings (SSSR count). The van der Waals surface area contributed by atoms with Crippen molar-refractivity contribution in [2.45, 2.75) is 0 Å². The summed E-state index contributed by atoms with van der Waals surface area (Å²) >= 11 is 20.3. The van der Waals surface area contributed by atoms with Crippen molar-refractivity contribution in [3.63, 3.8) is 0 Å². The zero-order valence-corrected chi connectivity index (χ0v) is 17.6. The van der Waals surface area contributed by atoms with E-state index in [1.807, 2.05) is 6.07 Å². The predicted molar refractivity (Wildman–Crippen MR) is 111 cm³/mol. The number of carbonyl (C=O) groups excluding carboxylic acids is 1. The van der Waals surface area contributed by atoms with Crippen LogP contribution in [-0.2, 0) is 4.52 Å².